The minimum Gasteiger partial charge on any atom is -0.383 e. The van der Waals surface area contributed by atoms with Gasteiger partial charge in [0, 0.05) is 6.54 Å². The van der Waals surface area contributed by atoms with E-state index in [0.29, 0.717) is 6.54 Å². The molecule has 1 atom stereocenters. The van der Waals surface area contributed by atoms with Crippen molar-refractivity contribution >= 4 is 15.8 Å². The van der Waals surface area contributed by atoms with Gasteiger partial charge in [0.2, 0.25) is 0 Å². The summed E-state index contributed by atoms with van der Waals surface area (Å²) in [5.41, 5.74) is 1.66. The average Bonchev–Trinajstić information content (AvgIpc) is 2.85. The molecule has 0 saturated carbocycles. The summed E-state index contributed by atoms with van der Waals surface area (Å²) in [6, 6.07) is 0. The molecule has 0 saturated heterocycles. The highest BCUT2D eigenvalue weighted by Gasteiger charge is 2.45. The van der Waals surface area contributed by atoms with E-state index in [-0.39, 0.29) is 17.1 Å². The predicted molar refractivity (Wildman–Crippen MR) is 72.0 cm³/mol. The van der Waals surface area contributed by atoms with Crippen molar-refractivity contribution in [3.63, 3.8) is 0 Å². The number of nitrogens with one attached hydrogen (secondary N) is 2. The first kappa shape index (κ1) is 15.3. The zero-order chi connectivity index (χ0) is 15.6. The van der Waals surface area contributed by atoms with Gasteiger partial charge in [-0.3, -0.25) is 19.6 Å². The van der Waals surface area contributed by atoms with Crippen molar-refractivity contribution < 1.29 is 22.8 Å². The van der Waals surface area contributed by atoms with Crippen LogP contribution in [0.15, 0.2) is 28.3 Å². The molecule has 11 heteroatoms. The first-order valence-electron chi connectivity index (χ1n) is 6.17. The topological polar surface area (TPSA) is 143 Å². The van der Waals surface area contributed by atoms with Gasteiger partial charge in [0.15, 0.2) is 16.7 Å². The number of oxime groups is 1. The second-order valence-electron chi connectivity index (χ2n) is 4.45. The number of nitro groups is 1. The predicted octanol–water partition coefficient (Wildman–Crippen LogP) is -0.0909. The van der Waals surface area contributed by atoms with E-state index in [1.54, 1.807) is 0 Å². The molecule has 1 aliphatic heterocycles. The van der Waals surface area contributed by atoms with Gasteiger partial charge in [-0.15, -0.1) is 0 Å². The fraction of sp³-hybridized carbons (Fsp3) is 0.500. The Hall–Kier alpha value is -2.14. The lowest BCUT2D eigenvalue weighted by Gasteiger charge is -2.18. The molecule has 0 aromatic rings. The molecule has 2 rings (SSSR count). The van der Waals surface area contributed by atoms with Gasteiger partial charge in [-0.05, 0) is 17.7 Å². The van der Waals surface area contributed by atoms with Gasteiger partial charge in [-0.2, -0.15) is 13.9 Å². The Bertz CT molecular complexity index is 650. The third kappa shape index (κ3) is 2.97. The number of rotatable bonds is 6. The highest BCUT2D eigenvalue weighted by atomic mass is 32.2. The van der Waals surface area contributed by atoms with Gasteiger partial charge in [0.25, 0.3) is 15.8 Å². The van der Waals surface area contributed by atoms with Crippen molar-refractivity contribution in [1.29, 1.82) is 0 Å². The first-order valence-corrected chi connectivity index (χ1v) is 7.68. The Morgan fingerprint density at radius 3 is 2.90 bits per heavy atom. The van der Waals surface area contributed by atoms with Crippen LogP contribution >= 0.6 is 0 Å². The van der Waals surface area contributed by atoms with E-state index >= 15 is 0 Å². The second-order valence-corrected chi connectivity index (χ2v) is 5.98. The van der Waals surface area contributed by atoms with Crippen LogP contribution in [0.2, 0.25) is 0 Å². The largest absolute Gasteiger partial charge is 0.383 e. The molecule has 10 nitrogen and oxygen atoms in total. The minimum atomic E-state index is -4.69. The average molecular weight is 318 g/mol. The summed E-state index contributed by atoms with van der Waals surface area (Å²) >= 11 is 0. The number of hydrogen-bond acceptors (Lipinski definition) is 8. The van der Waals surface area contributed by atoms with Crippen LogP contribution in [0.25, 0.3) is 0 Å². The SMILES string of the molecule is CCCCNC1=CC(S(=O)(=O)O)C([N+](=O)[O-])=C2NON=C12. The maximum atomic E-state index is 11.4. The van der Waals surface area contributed by atoms with Gasteiger partial charge in [-0.1, -0.05) is 13.3 Å². The highest BCUT2D eigenvalue weighted by Crippen LogP contribution is 2.27. The van der Waals surface area contributed by atoms with Crippen molar-refractivity contribution in [1.82, 2.24) is 10.8 Å². The standard InChI is InChI=1S/C10H14N4O6S/c1-2-3-4-11-6-5-7(21(17,18)19)10(14(15)16)9-8(6)12-20-13-9/h5,7,11,13H,2-4H2,1H3,(H,17,18,19). The van der Waals surface area contributed by atoms with E-state index in [1.807, 2.05) is 6.92 Å². The Labute approximate surface area is 120 Å². The molecule has 2 aliphatic rings. The molecular weight excluding hydrogens is 304 g/mol. The van der Waals surface area contributed by atoms with Crippen molar-refractivity contribution in [2.24, 2.45) is 5.16 Å². The third-order valence-corrected chi connectivity index (χ3v) is 3.98. The number of nitrogens with zero attached hydrogens (tertiary/aromatic N) is 2. The maximum absolute atomic E-state index is 11.4. The molecule has 1 unspecified atom stereocenters. The monoisotopic (exact) mass is 318 g/mol. The van der Waals surface area contributed by atoms with Crippen molar-refractivity contribution in [3.05, 3.63) is 33.3 Å². The summed E-state index contributed by atoms with van der Waals surface area (Å²) in [6.07, 6.45) is 2.78. The molecule has 3 N–H and O–H groups in total. The molecule has 0 aromatic carbocycles. The zero-order valence-electron chi connectivity index (χ0n) is 11.1. The Morgan fingerprint density at radius 1 is 1.62 bits per heavy atom. The number of unbranched alkanes of at least 4 members (excludes halogenated alkanes) is 1. The van der Waals surface area contributed by atoms with E-state index in [1.165, 1.54) is 0 Å². The quantitative estimate of drug-likeness (QED) is 0.267. The van der Waals surface area contributed by atoms with Crippen molar-refractivity contribution in [2.45, 2.75) is 25.0 Å². The lowest BCUT2D eigenvalue weighted by atomic mass is 10.0. The molecule has 116 valence electrons. The van der Waals surface area contributed by atoms with E-state index in [2.05, 4.69) is 20.9 Å². The highest BCUT2D eigenvalue weighted by molar-refractivity contribution is 7.86. The van der Waals surface area contributed by atoms with Crippen LogP contribution in [0.5, 0.6) is 0 Å². The molecule has 0 radical (unpaired) electrons. The fourth-order valence-electron chi connectivity index (χ4n) is 1.98. The smallest absolute Gasteiger partial charge is 0.299 e. The summed E-state index contributed by atoms with van der Waals surface area (Å²) in [6.45, 7) is 2.51. The van der Waals surface area contributed by atoms with E-state index < -0.39 is 26.0 Å². The Balaban J connectivity index is 2.44. The summed E-state index contributed by atoms with van der Waals surface area (Å²) in [4.78, 5) is 14.8. The zero-order valence-corrected chi connectivity index (χ0v) is 11.9. The van der Waals surface area contributed by atoms with E-state index in [4.69, 9.17) is 0 Å². The molecule has 0 amide bonds. The molecule has 0 bridgehead atoms. The summed E-state index contributed by atoms with van der Waals surface area (Å²) in [5.74, 6) is 0. The number of hydrogen-bond donors (Lipinski definition) is 3. The molecule has 0 fully saturated rings. The Kier molecular flexibility index (Phi) is 4.14. The van der Waals surface area contributed by atoms with Gasteiger partial charge in [-0.25, -0.2) is 0 Å². The van der Waals surface area contributed by atoms with Gasteiger partial charge in [0.1, 0.15) is 0 Å². The third-order valence-electron chi connectivity index (χ3n) is 2.98. The minimum absolute atomic E-state index is 0.109. The summed E-state index contributed by atoms with van der Waals surface area (Å²) in [5, 5.41) is 15.8. The molecule has 1 heterocycles. The van der Waals surface area contributed by atoms with Crippen LogP contribution < -0.4 is 10.8 Å². The first-order chi connectivity index (χ1) is 9.86. The van der Waals surface area contributed by atoms with Crippen molar-refractivity contribution in [2.75, 3.05) is 6.54 Å². The fourth-order valence-corrected chi connectivity index (χ4v) is 2.78. The van der Waals surface area contributed by atoms with E-state index in [9.17, 15) is 23.1 Å². The lowest BCUT2D eigenvalue weighted by molar-refractivity contribution is -0.427. The van der Waals surface area contributed by atoms with Crippen LogP contribution in [-0.4, -0.2) is 35.4 Å². The van der Waals surface area contributed by atoms with Crippen LogP contribution in [0.4, 0.5) is 0 Å². The number of hydroxylamine groups is 1. The van der Waals surface area contributed by atoms with Crippen LogP contribution in [0, 0.1) is 10.1 Å². The van der Waals surface area contributed by atoms with Crippen LogP contribution in [-0.2, 0) is 15.1 Å². The Morgan fingerprint density at radius 2 is 2.33 bits per heavy atom. The maximum Gasteiger partial charge on any atom is 0.299 e. The second kappa shape index (κ2) is 5.69. The van der Waals surface area contributed by atoms with Crippen LogP contribution in [0.1, 0.15) is 19.8 Å². The molecular formula is C10H14N4O6S. The summed E-state index contributed by atoms with van der Waals surface area (Å²) < 4.78 is 32.0. The van der Waals surface area contributed by atoms with E-state index in [0.717, 1.165) is 18.9 Å². The molecule has 21 heavy (non-hydrogen) atoms. The lowest BCUT2D eigenvalue weighted by Crippen LogP contribution is -2.37. The van der Waals surface area contributed by atoms with Crippen molar-refractivity contribution in [3.8, 4) is 0 Å². The van der Waals surface area contributed by atoms with Crippen LogP contribution in [0.3, 0.4) is 0 Å². The van der Waals surface area contributed by atoms with Gasteiger partial charge in [0.05, 0.1) is 10.6 Å². The number of fused-ring (bicyclic) bond motifs is 1. The summed E-state index contributed by atoms with van der Waals surface area (Å²) in [7, 11) is -4.69. The van der Waals surface area contributed by atoms with Gasteiger partial charge < -0.3 is 5.32 Å². The molecule has 0 aromatic heterocycles. The molecule has 0 spiro atoms. The van der Waals surface area contributed by atoms with Gasteiger partial charge >= 0.3 is 0 Å². The normalized spacial score (nSPS) is 21.0. The molecule has 1 aliphatic carbocycles.